The van der Waals surface area contributed by atoms with Crippen LogP contribution in [0.25, 0.3) is 10.9 Å². The maximum Gasteiger partial charge on any atom is 0.406 e. The molecule has 0 radical (unpaired) electrons. The highest BCUT2D eigenvalue weighted by atomic mass is 35.5. The number of nitrogens with zero attached hydrogens (tertiary/aromatic N) is 5. The SMILES string of the molecule is CN(Cc1nccn1CC(F)(F)F)c1ncnc2cc(Cl)ccc12. The molecule has 0 aliphatic rings. The maximum atomic E-state index is 12.6. The summed E-state index contributed by atoms with van der Waals surface area (Å²) in [4.78, 5) is 14.1. The molecule has 9 heteroatoms. The summed E-state index contributed by atoms with van der Waals surface area (Å²) in [5, 5.41) is 1.31. The van der Waals surface area contributed by atoms with Gasteiger partial charge in [-0.2, -0.15) is 13.2 Å². The number of alkyl halides is 3. The zero-order valence-electron chi connectivity index (χ0n) is 12.6. The van der Waals surface area contributed by atoms with Gasteiger partial charge in [0.25, 0.3) is 0 Å². The first-order valence-electron chi connectivity index (χ1n) is 7.01. The number of hydrogen-bond acceptors (Lipinski definition) is 4. The first-order valence-corrected chi connectivity index (χ1v) is 7.39. The first kappa shape index (κ1) is 16.5. The molecule has 0 unspecified atom stereocenters. The Morgan fingerprint density at radius 3 is 2.75 bits per heavy atom. The number of fused-ring (bicyclic) bond motifs is 1. The van der Waals surface area contributed by atoms with Gasteiger partial charge in [-0.25, -0.2) is 15.0 Å². The summed E-state index contributed by atoms with van der Waals surface area (Å²) >= 11 is 5.95. The predicted octanol–water partition coefficient (Wildman–Crippen LogP) is 3.68. The van der Waals surface area contributed by atoms with Crippen LogP contribution in [-0.4, -0.2) is 32.7 Å². The lowest BCUT2D eigenvalue weighted by molar-refractivity contribution is -0.141. The van der Waals surface area contributed by atoms with Crippen LogP contribution < -0.4 is 4.90 Å². The van der Waals surface area contributed by atoms with Crippen molar-refractivity contribution in [3.63, 3.8) is 0 Å². The molecule has 0 saturated carbocycles. The molecule has 2 aromatic heterocycles. The van der Waals surface area contributed by atoms with Crippen LogP contribution >= 0.6 is 11.6 Å². The van der Waals surface area contributed by atoms with Crippen LogP contribution in [0.4, 0.5) is 19.0 Å². The third kappa shape index (κ3) is 3.59. The van der Waals surface area contributed by atoms with E-state index in [0.29, 0.717) is 22.2 Å². The van der Waals surface area contributed by atoms with Crippen LogP contribution in [0.15, 0.2) is 36.9 Å². The molecule has 3 rings (SSSR count). The fourth-order valence-electron chi connectivity index (χ4n) is 2.44. The second-order valence-corrected chi connectivity index (χ2v) is 5.74. The molecule has 2 heterocycles. The van der Waals surface area contributed by atoms with E-state index in [-0.39, 0.29) is 6.54 Å². The summed E-state index contributed by atoms with van der Waals surface area (Å²) < 4.78 is 38.9. The fourth-order valence-corrected chi connectivity index (χ4v) is 2.60. The van der Waals surface area contributed by atoms with Gasteiger partial charge in [0, 0.05) is 29.9 Å². The van der Waals surface area contributed by atoms with E-state index >= 15 is 0 Å². The lowest BCUT2D eigenvalue weighted by Gasteiger charge is -2.20. The molecule has 0 atom stereocenters. The summed E-state index contributed by atoms with van der Waals surface area (Å²) in [6.45, 7) is -0.895. The Bertz CT molecular complexity index is 862. The van der Waals surface area contributed by atoms with Gasteiger partial charge < -0.3 is 9.47 Å². The molecule has 0 amide bonds. The molecule has 0 fully saturated rings. The van der Waals surface area contributed by atoms with Gasteiger partial charge in [-0.05, 0) is 18.2 Å². The van der Waals surface area contributed by atoms with E-state index in [0.717, 1.165) is 9.95 Å². The minimum atomic E-state index is -4.30. The number of benzene rings is 1. The number of anilines is 1. The van der Waals surface area contributed by atoms with Gasteiger partial charge in [0.2, 0.25) is 0 Å². The molecule has 0 N–H and O–H groups in total. The van der Waals surface area contributed by atoms with E-state index < -0.39 is 12.7 Å². The van der Waals surface area contributed by atoms with Crippen molar-refractivity contribution < 1.29 is 13.2 Å². The normalized spacial score (nSPS) is 11.9. The largest absolute Gasteiger partial charge is 0.406 e. The minimum Gasteiger partial charge on any atom is -0.352 e. The molecule has 0 aliphatic heterocycles. The van der Waals surface area contributed by atoms with E-state index in [9.17, 15) is 13.2 Å². The zero-order valence-corrected chi connectivity index (χ0v) is 13.4. The van der Waals surface area contributed by atoms with Crippen molar-refractivity contribution in [1.29, 1.82) is 0 Å². The van der Waals surface area contributed by atoms with Gasteiger partial charge in [0.05, 0.1) is 12.1 Å². The molecular formula is C15H13ClF3N5. The van der Waals surface area contributed by atoms with Crippen molar-refractivity contribution in [2.45, 2.75) is 19.3 Å². The summed E-state index contributed by atoms with van der Waals surface area (Å²) in [6.07, 6.45) is -0.236. The molecule has 0 spiro atoms. The summed E-state index contributed by atoms with van der Waals surface area (Å²) in [6, 6.07) is 5.21. The van der Waals surface area contributed by atoms with E-state index in [1.54, 1.807) is 30.1 Å². The van der Waals surface area contributed by atoms with E-state index in [4.69, 9.17) is 11.6 Å². The maximum absolute atomic E-state index is 12.6. The standard InChI is InChI=1S/C15H13ClF3N5/c1-23(7-13-20-4-5-24(13)8-15(17,18)19)14-11-3-2-10(16)6-12(11)21-9-22-14/h2-6,9H,7-8H2,1H3. The summed E-state index contributed by atoms with van der Waals surface area (Å²) in [7, 11) is 1.74. The first-order chi connectivity index (χ1) is 11.3. The van der Waals surface area contributed by atoms with Crippen LogP contribution in [0.2, 0.25) is 5.02 Å². The summed E-state index contributed by atoms with van der Waals surface area (Å²) in [5.41, 5.74) is 0.665. The molecule has 5 nitrogen and oxygen atoms in total. The Balaban J connectivity index is 1.89. The molecule has 0 saturated heterocycles. The Hall–Kier alpha value is -2.35. The van der Waals surface area contributed by atoms with Gasteiger partial charge in [-0.3, -0.25) is 0 Å². The van der Waals surface area contributed by atoms with Gasteiger partial charge >= 0.3 is 6.18 Å². The summed E-state index contributed by atoms with van der Waals surface area (Å²) in [5.74, 6) is 0.897. The predicted molar refractivity (Wildman–Crippen MR) is 84.9 cm³/mol. The van der Waals surface area contributed by atoms with Crippen molar-refractivity contribution in [2.24, 2.45) is 0 Å². The zero-order chi connectivity index (χ0) is 17.3. The molecule has 0 aliphatic carbocycles. The van der Waals surface area contributed by atoms with Crippen LogP contribution in [0.3, 0.4) is 0 Å². The number of aromatic nitrogens is 4. The van der Waals surface area contributed by atoms with E-state index in [1.165, 1.54) is 18.7 Å². The van der Waals surface area contributed by atoms with E-state index in [2.05, 4.69) is 15.0 Å². The number of halogens is 4. The highest BCUT2D eigenvalue weighted by molar-refractivity contribution is 6.31. The second kappa shape index (κ2) is 6.27. The smallest absolute Gasteiger partial charge is 0.352 e. The van der Waals surface area contributed by atoms with Crippen molar-refractivity contribution >= 4 is 28.3 Å². The fraction of sp³-hybridized carbons (Fsp3) is 0.267. The monoisotopic (exact) mass is 355 g/mol. The van der Waals surface area contributed by atoms with Crippen molar-refractivity contribution in [1.82, 2.24) is 19.5 Å². The third-order valence-corrected chi connectivity index (χ3v) is 3.70. The average molecular weight is 356 g/mol. The molecule has 3 aromatic rings. The van der Waals surface area contributed by atoms with Crippen molar-refractivity contribution in [3.05, 3.63) is 47.8 Å². The van der Waals surface area contributed by atoms with Gasteiger partial charge in [0.1, 0.15) is 24.5 Å². The van der Waals surface area contributed by atoms with E-state index in [1.807, 2.05) is 0 Å². The van der Waals surface area contributed by atoms with Crippen LogP contribution in [0.5, 0.6) is 0 Å². The van der Waals surface area contributed by atoms with Gasteiger partial charge in [0.15, 0.2) is 0 Å². The van der Waals surface area contributed by atoms with Crippen LogP contribution in [-0.2, 0) is 13.1 Å². The Morgan fingerprint density at radius 2 is 2.00 bits per heavy atom. The minimum absolute atomic E-state index is 0.178. The second-order valence-electron chi connectivity index (χ2n) is 5.30. The molecule has 0 bridgehead atoms. The van der Waals surface area contributed by atoms with Gasteiger partial charge in [-0.15, -0.1) is 0 Å². The average Bonchev–Trinajstić information content (AvgIpc) is 2.91. The quantitative estimate of drug-likeness (QED) is 0.716. The lowest BCUT2D eigenvalue weighted by atomic mass is 10.2. The number of rotatable bonds is 4. The van der Waals surface area contributed by atoms with Crippen molar-refractivity contribution in [2.75, 3.05) is 11.9 Å². The third-order valence-electron chi connectivity index (χ3n) is 3.47. The molecule has 1 aromatic carbocycles. The Labute approximate surface area is 140 Å². The number of imidazole rings is 1. The van der Waals surface area contributed by atoms with Crippen molar-refractivity contribution in [3.8, 4) is 0 Å². The molecule has 126 valence electrons. The molecular weight excluding hydrogens is 343 g/mol. The molecule has 24 heavy (non-hydrogen) atoms. The lowest BCUT2D eigenvalue weighted by Crippen LogP contribution is -2.24. The highest BCUT2D eigenvalue weighted by Gasteiger charge is 2.29. The highest BCUT2D eigenvalue weighted by Crippen LogP contribution is 2.26. The van der Waals surface area contributed by atoms with Gasteiger partial charge in [-0.1, -0.05) is 11.6 Å². The van der Waals surface area contributed by atoms with Crippen LogP contribution in [0, 0.1) is 0 Å². The topological polar surface area (TPSA) is 46.8 Å². The number of hydrogen-bond donors (Lipinski definition) is 0. The Kier molecular flexibility index (Phi) is 4.31. The van der Waals surface area contributed by atoms with Crippen LogP contribution in [0.1, 0.15) is 5.82 Å². The Morgan fingerprint density at radius 1 is 1.21 bits per heavy atom.